The normalized spacial score (nSPS) is 10.8. The zero-order valence-corrected chi connectivity index (χ0v) is 12.6. The molecule has 5 heteroatoms. The minimum absolute atomic E-state index is 0.671. The van der Waals surface area contributed by atoms with E-state index >= 15 is 0 Å². The Balaban J connectivity index is 1.91. The molecule has 0 aliphatic carbocycles. The van der Waals surface area contributed by atoms with Gasteiger partial charge in [-0.2, -0.15) is 0 Å². The Hall–Kier alpha value is -1.85. The highest BCUT2D eigenvalue weighted by atomic mass is 16.5. The molecule has 114 valence electrons. The van der Waals surface area contributed by atoms with Gasteiger partial charge in [-0.05, 0) is 30.7 Å². The Bertz CT molecular complexity index is 523. The molecule has 1 aromatic carbocycles. The van der Waals surface area contributed by atoms with Crippen molar-refractivity contribution >= 4 is 0 Å². The van der Waals surface area contributed by atoms with Crippen LogP contribution in [0.2, 0.25) is 0 Å². The van der Waals surface area contributed by atoms with Gasteiger partial charge in [-0.3, -0.25) is 0 Å². The molecular weight excluding hydrogens is 268 g/mol. The molecule has 1 aromatic heterocycles. The van der Waals surface area contributed by atoms with Crippen molar-refractivity contribution in [2.75, 3.05) is 26.9 Å². The Morgan fingerprint density at radius 3 is 2.71 bits per heavy atom. The van der Waals surface area contributed by atoms with Crippen LogP contribution in [-0.4, -0.2) is 32.0 Å². The van der Waals surface area contributed by atoms with Crippen molar-refractivity contribution in [2.24, 2.45) is 0 Å². The maximum absolute atomic E-state index is 5.56. The number of nitrogens with zero attached hydrogens (tertiary/aromatic N) is 1. The molecule has 0 saturated heterocycles. The van der Waals surface area contributed by atoms with Gasteiger partial charge in [-0.15, -0.1) is 0 Å². The number of benzene rings is 1. The highest BCUT2D eigenvalue weighted by Crippen LogP contribution is 2.23. The predicted octanol–water partition coefficient (Wildman–Crippen LogP) is 2.87. The molecule has 2 rings (SSSR count). The summed E-state index contributed by atoms with van der Waals surface area (Å²) in [5.41, 5.74) is 1.88. The van der Waals surface area contributed by atoms with E-state index in [1.807, 2.05) is 30.3 Å². The Morgan fingerprint density at radius 2 is 2.00 bits per heavy atom. The summed E-state index contributed by atoms with van der Waals surface area (Å²) in [5.74, 6) is 1.64. The van der Waals surface area contributed by atoms with E-state index in [0.29, 0.717) is 13.2 Å². The van der Waals surface area contributed by atoms with E-state index in [9.17, 15) is 0 Å². The van der Waals surface area contributed by atoms with Crippen molar-refractivity contribution in [1.82, 2.24) is 10.5 Å². The molecule has 21 heavy (non-hydrogen) atoms. The lowest BCUT2D eigenvalue weighted by Crippen LogP contribution is -2.18. The number of nitrogens with one attached hydrogen (secondary N) is 1. The first kappa shape index (κ1) is 15.5. The van der Waals surface area contributed by atoms with Crippen LogP contribution in [0.3, 0.4) is 0 Å². The fourth-order valence-electron chi connectivity index (χ4n) is 1.86. The van der Waals surface area contributed by atoms with Gasteiger partial charge in [-0.25, -0.2) is 0 Å². The summed E-state index contributed by atoms with van der Waals surface area (Å²) in [5, 5.41) is 7.28. The molecule has 0 amide bonds. The second-order valence-electron chi connectivity index (χ2n) is 4.72. The zero-order valence-electron chi connectivity index (χ0n) is 12.6. The number of rotatable bonds is 9. The van der Waals surface area contributed by atoms with Crippen molar-refractivity contribution < 1.29 is 14.0 Å². The van der Waals surface area contributed by atoms with Gasteiger partial charge in [0.25, 0.3) is 0 Å². The summed E-state index contributed by atoms with van der Waals surface area (Å²) in [4.78, 5) is 0. The second kappa shape index (κ2) is 8.44. The first-order valence-corrected chi connectivity index (χ1v) is 7.22. The zero-order chi connectivity index (χ0) is 14.9. The quantitative estimate of drug-likeness (QED) is 0.720. The molecule has 0 fully saturated rings. The van der Waals surface area contributed by atoms with E-state index in [4.69, 9.17) is 14.0 Å². The van der Waals surface area contributed by atoms with Crippen LogP contribution in [0.5, 0.6) is 5.75 Å². The van der Waals surface area contributed by atoms with Gasteiger partial charge < -0.3 is 19.3 Å². The van der Waals surface area contributed by atoms with Crippen LogP contribution in [0.4, 0.5) is 0 Å². The summed E-state index contributed by atoms with van der Waals surface area (Å²) < 4.78 is 15.9. The third-order valence-corrected chi connectivity index (χ3v) is 2.96. The molecule has 0 aliphatic rings. The highest BCUT2D eigenvalue weighted by Gasteiger charge is 2.06. The minimum Gasteiger partial charge on any atom is -0.494 e. The first-order valence-electron chi connectivity index (χ1n) is 7.22. The monoisotopic (exact) mass is 290 g/mol. The second-order valence-corrected chi connectivity index (χ2v) is 4.72. The van der Waals surface area contributed by atoms with E-state index in [0.717, 1.165) is 42.3 Å². The fraction of sp³-hybridized carbons (Fsp3) is 0.438. The van der Waals surface area contributed by atoms with Crippen molar-refractivity contribution in [2.45, 2.75) is 19.9 Å². The van der Waals surface area contributed by atoms with Crippen LogP contribution in [0.15, 0.2) is 34.9 Å². The van der Waals surface area contributed by atoms with Crippen LogP contribution in [0.25, 0.3) is 11.3 Å². The molecule has 0 unspecified atom stereocenters. The van der Waals surface area contributed by atoms with Gasteiger partial charge in [0, 0.05) is 31.8 Å². The van der Waals surface area contributed by atoms with Gasteiger partial charge in [-0.1, -0.05) is 12.1 Å². The smallest absolute Gasteiger partial charge is 0.167 e. The molecule has 1 N–H and O–H groups in total. The van der Waals surface area contributed by atoms with E-state index in [1.54, 1.807) is 7.11 Å². The highest BCUT2D eigenvalue weighted by molar-refractivity contribution is 5.58. The minimum atomic E-state index is 0.671. The standard InChI is InChI=1S/C16H22N2O3/c1-3-9-20-15-6-4-13(5-7-15)16-11-14(18-21-16)12-17-8-10-19-2/h4-7,11,17H,3,8-10,12H2,1-2H3. The Morgan fingerprint density at radius 1 is 1.19 bits per heavy atom. The van der Waals surface area contributed by atoms with Crippen LogP contribution < -0.4 is 10.1 Å². The Kier molecular flexibility index (Phi) is 6.24. The molecule has 5 nitrogen and oxygen atoms in total. The van der Waals surface area contributed by atoms with Crippen LogP contribution in [0.1, 0.15) is 19.0 Å². The molecule has 0 spiro atoms. The lowest BCUT2D eigenvalue weighted by atomic mass is 10.1. The summed E-state index contributed by atoms with van der Waals surface area (Å²) >= 11 is 0. The molecule has 0 bridgehead atoms. The number of hydrogen-bond acceptors (Lipinski definition) is 5. The average molecular weight is 290 g/mol. The molecule has 0 saturated carbocycles. The molecule has 1 heterocycles. The van der Waals surface area contributed by atoms with Crippen molar-refractivity contribution in [1.29, 1.82) is 0 Å². The van der Waals surface area contributed by atoms with Gasteiger partial charge in [0.1, 0.15) is 5.75 Å². The topological polar surface area (TPSA) is 56.5 Å². The van der Waals surface area contributed by atoms with Crippen LogP contribution in [-0.2, 0) is 11.3 Å². The van der Waals surface area contributed by atoms with Crippen molar-refractivity contribution in [3.05, 3.63) is 36.0 Å². The van der Waals surface area contributed by atoms with Gasteiger partial charge >= 0.3 is 0 Å². The lowest BCUT2D eigenvalue weighted by Gasteiger charge is -2.04. The summed E-state index contributed by atoms with van der Waals surface area (Å²) in [6.45, 7) is 4.97. The summed E-state index contributed by atoms with van der Waals surface area (Å²) in [6.07, 6.45) is 1.00. The average Bonchev–Trinajstić information content (AvgIpc) is 2.99. The van der Waals surface area contributed by atoms with Crippen LogP contribution >= 0.6 is 0 Å². The SMILES string of the molecule is CCCOc1ccc(-c2cc(CNCCOC)no2)cc1. The molecule has 2 aromatic rings. The maximum Gasteiger partial charge on any atom is 0.167 e. The lowest BCUT2D eigenvalue weighted by molar-refractivity contribution is 0.199. The summed E-state index contributed by atoms with van der Waals surface area (Å²) in [6, 6.07) is 9.80. The van der Waals surface area contributed by atoms with Crippen molar-refractivity contribution in [3.8, 4) is 17.1 Å². The molecule has 0 radical (unpaired) electrons. The number of aromatic nitrogens is 1. The molecular formula is C16H22N2O3. The van der Waals surface area contributed by atoms with E-state index in [-0.39, 0.29) is 0 Å². The van der Waals surface area contributed by atoms with Gasteiger partial charge in [0.05, 0.1) is 18.9 Å². The summed E-state index contributed by atoms with van der Waals surface area (Å²) in [7, 11) is 1.68. The third kappa shape index (κ3) is 4.88. The van der Waals surface area contributed by atoms with E-state index in [1.165, 1.54) is 0 Å². The number of methoxy groups -OCH3 is 1. The van der Waals surface area contributed by atoms with E-state index in [2.05, 4.69) is 17.4 Å². The van der Waals surface area contributed by atoms with Crippen LogP contribution in [0, 0.1) is 0 Å². The fourth-order valence-corrected chi connectivity index (χ4v) is 1.86. The number of hydrogen-bond donors (Lipinski definition) is 1. The predicted molar refractivity (Wildman–Crippen MR) is 81.3 cm³/mol. The van der Waals surface area contributed by atoms with Gasteiger partial charge in [0.15, 0.2) is 5.76 Å². The number of ether oxygens (including phenoxy) is 2. The molecule has 0 atom stereocenters. The molecule has 0 aliphatic heterocycles. The van der Waals surface area contributed by atoms with Gasteiger partial charge in [0.2, 0.25) is 0 Å². The third-order valence-electron chi connectivity index (χ3n) is 2.96. The van der Waals surface area contributed by atoms with Crippen molar-refractivity contribution in [3.63, 3.8) is 0 Å². The first-order chi connectivity index (χ1) is 10.3. The Labute approximate surface area is 125 Å². The largest absolute Gasteiger partial charge is 0.494 e. The van der Waals surface area contributed by atoms with E-state index < -0.39 is 0 Å². The maximum atomic E-state index is 5.56.